The fourth-order valence-corrected chi connectivity index (χ4v) is 2.17. The smallest absolute Gasteiger partial charge is 0.269 e. The monoisotopic (exact) mass is 325 g/mol. The van der Waals surface area contributed by atoms with Crippen LogP contribution in [0.2, 0.25) is 0 Å². The Bertz CT molecular complexity index is 553. The minimum absolute atomic E-state index is 0.0381. The summed E-state index contributed by atoms with van der Waals surface area (Å²) in [5.41, 5.74) is 5.62. The Balaban J connectivity index is 1.86. The highest BCUT2D eigenvalue weighted by Gasteiger charge is 2.15. The second-order valence-electron chi connectivity index (χ2n) is 4.77. The van der Waals surface area contributed by atoms with Crippen molar-refractivity contribution in [3.05, 3.63) is 23.8 Å². The van der Waals surface area contributed by atoms with Crippen molar-refractivity contribution in [3.63, 3.8) is 0 Å². The Morgan fingerprint density at radius 2 is 2.05 bits per heavy atom. The third-order valence-electron chi connectivity index (χ3n) is 2.89. The summed E-state index contributed by atoms with van der Waals surface area (Å²) in [5.74, 6) is 0.884. The molecule has 1 aromatic rings. The van der Waals surface area contributed by atoms with Crippen molar-refractivity contribution in [1.82, 2.24) is 16.2 Å². The maximum absolute atomic E-state index is 12.1. The second kappa shape index (κ2) is 7.81. The topological polar surface area (TPSA) is 80.9 Å². The molecule has 120 valence electrons. The van der Waals surface area contributed by atoms with Gasteiger partial charge in [-0.25, -0.2) is 0 Å². The van der Waals surface area contributed by atoms with Gasteiger partial charge in [0.25, 0.3) is 5.91 Å². The molecule has 0 fully saturated rings. The van der Waals surface area contributed by atoms with Gasteiger partial charge in [0.1, 0.15) is 13.2 Å². The van der Waals surface area contributed by atoms with Crippen molar-refractivity contribution in [3.8, 4) is 11.5 Å². The van der Waals surface area contributed by atoms with E-state index in [-0.39, 0.29) is 11.9 Å². The van der Waals surface area contributed by atoms with Crippen molar-refractivity contribution >= 4 is 23.2 Å². The molecular weight excluding hydrogens is 306 g/mol. The molecular formula is C14H19N3O4S. The number of hydrazine groups is 1. The number of hydrogen-bond donors (Lipinski definition) is 3. The van der Waals surface area contributed by atoms with E-state index in [0.29, 0.717) is 42.0 Å². The Hall–Kier alpha value is -2.06. The average Bonchev–Trinajstić information content (AvgIpc) is 2.52. The van der Waals surface area contributed by atoms with Crippen molar-refractivity contribution in [2.45, 2.75) is 13.0 Å². The van der Waals surface area contributed by atoms with E-state index in [9.17, 15) is 4.79 Å². The number of carbonyl (C=O) groups excluding carboxylic acids is 1. The van der Waals surface area contributed by atoms with Gasteiger partial charge in [-0.2, -0.15) is 0 Å². The van der Waals surface area contributed by atoms with Crippen LogP contribution in [0.15, 0.2) is 18.2 Å². The number of methoxy groups -OCH3 is 1. The molecule has 1 aliphatic heterocycles. The van der Waals surface area contributed by atoms with E-state index >= 15 is 0 Å². The predicted octanol–water partition coefficient (Wildman–Crippen LogP) is 0.602. The van der Waals surface area contributed by atoms with Crippen LogP contribution in [-0.4, -0.2) is 44.0 Å². The van der Waals surface area contributed by atoms with Gasteiger partial charge in [0, 0.05) is 18.7 Å². The Kier molecular flexibility index (Phi) is 5.79. The Morgan fingerprint density at radius 1 is 1.32 bits per heavy atom. The first-order valence-electron chi connectivity index (χ1n) is 6.85. The summed E-state index contributed by atoms with van der Waals surface area (Å²) >= 11 is 5.07. The molecule has 0 radical (unpaired) electrons. The van der Waals surface area contributed by atoms with Crippen LogP contribution < -0.4 is 25.6 Å². The number of hydrogen-bond acceptors (Lipinski definition) is 5. The molecule has 1 aromatic carbocycles. The summed E-state index contributed by atoms with van der Waals surface area (Å²) in [6.45, 7) is 3.42. The molecule has 1 aliphatic rings. The fourth-order valence-electron chi connectivity index (χ4n) is 1.92. The zero-order valence-corrected chi connectivity index (χ0v) is 13.3. The number of benzene rings is 1. The number of nitrogens with one attached hydrogen (secondary N) is 3. The molecule has 1 amide bonds. The molecule has 7 nitrogen and oxygen atoms in total. The number of ether oxygens (including phenoxy) is 3. The van der Waals surface area contributed by atoms with Crippen LogP contribution in [0.25, 0.3) is 0 Å². The van der Waals surface area contributed by atoms with Crippen LogP contribution in [-0.2, 0) is 4.74 Å². The predicted molar refractivity (Wildman–Crippen MR) is 85.1 cm³/mol. The van der Waals surface area contributed by atoms with Gasteiger partial charge in [0.15, 0.2) is 16.6 Å². The van der Waals surface area contributed by atoms with Gasteiger partial charge >= 0.3 is 0 Å². The molecule has 1 heterocycles. The minimum atomic E-state index is -0.319. The van der Waals surface area contributed by atoms with E-state index in [1.54, 1.807) is 25.3 Å². The van der Waals surface area contributed by atoms with Gasteiger partial charge in [0.05, 0.1) is 6.61 Å². The zero-order valence-electron chi connectivity index (χ0n) is 12.5. The van der Waals surface area contributed by atoms with Gasteiger partial charge < -0.3 is 19.5 Å². The van der Waals surface area contributed by atoms with Gasteiger partial charge in [-0.1, -0.05) is 0 Å². The third kappa shape index (κ3) is 4.47. The molecule has 0 saturated heterocycles. The second-order valence-corrected chi connectivity index (χ2v) is 5.18. The quantitative estimate of drug-likeness (QED) is 0.552. The largest absolute Gasteiger partial charge is 0.486 e. The summed E-state index contributed by atoms with van der Waals surface area (Å²) in [5, 5.41) is 3.29. The molecule has 2 rings (SSSR count). The summed E-state index contributed by atoms with van der Waals surface area (Å²) in [6, 6.07) is 5.04. The fraction of sp³-hybridized carbons (Fsp3) is 0.429. The maximum Gasteiger partial charge on any atom is 0.269 e. The maximum atomic E-state index is 12.1. The molecule has 0 spiro atoms. The lowest BCUT2D eigenvalue weighted by Crippen LogP contribution is -2.49. The van der Waals surface area contributed by atoms with E-state index in [1.165, 1.54) is 0 Å². The summed E-state index contributed by atoms with van der Waals surface area (Å²) < 4.78 is 15.8. The van der Waals surface area contributed by atoms with Crippen LogP contribution in [0.5, 0.6) is 11.5 Å². The molecule has 0 saturated carbocycles. The van der Waals surface area contributed by atoms with E-state index < -0.39 is 0 Å². The number of carbonyl (C=O) groups is 1. The first-order chi connectivity index (χ1) is 10.6. The van der Waals surface area contributed by atoms with Crippen molar-refractivity contribution in [1.29, 1.82) is 0 Å². The normalized spacial score (nSPS) is 13.9. The highest BCUT2D eigenvalue weighted by molar-refractivity contribution is 7.80. The van der Waals surface area contributed by atoms with E-state index in [0.717, 1.165) is 0 Å². The lowest BCUT2D eigenvalue weighted by Gasteiger charge is -2.19. The van der Waals surface area contributed by atoms with Crippen molar-refractivity contribution in [2.75, 3.05) is 26.9 Å². The standard InChI is InChI=1S/C14H19N3O4S/c1-9(8-19-2)15-14(22)17-16-13(18)10-3-4-11-12(7-10)21-6-5-20-11/h3-4,7,9H,5-6,8H2,1-2H3,(H,16,18)(H2,15,17,22)/t9-/m0/s1. The van der Waals surface area contributed by atoms with E-state index in [2.05, 4.69) is 16.2 Å². The van der Waals surface area contributed by atoms with Gasteiger partial charge in [-0.3, -0.25) is 15.6 Å². The first-order valence-corrected chi connectivity index (χ1v) is 7.26. The van der Waals surface area contributed by atoms with E-state index in [1.807, 2.05) is 6.92 Å². The number of amides is 1. The lowest BCUT2D eigenvalue weighted by atomic mass is 10.2. The molecule has 8 heteroatoms. The van der Waals surface area contributed by atoms with Crippen LogP contribution >= 0.6 is 12.2 Å². The number of thiocarbonyl (C=S) groups is 1. The highest BCUT2D eigenvalue weighted by Crippen LogP contribution is 2.30. The van der Waals surface area contributed by atoms with Crippen LogP contribution in [0.4, 0.5) is 0 Å². The highest BCUT2D eigenvalue weighted by atomic mass is 32.1. The third-order valence-corrected chi connectivity index (χ3v) is 3.11. The summed E-state index contributed by atoms with van der Waals surface area (Å²) in [7, 11) is 1.61. The molecule has 0 aromatic heterocycles. The Labute approximate surface area is 134 Å². The van der Waals surface area contributed by atoms with Gasteiger partial charge in [-0.15, -0.1) is 0 Å². The van der Waals surface area contributed by atoms with Crippen molar-refractivity contribution in [2.24, 2.45) is 0 Å². The Morgan fingerprint density at radius 3 is 2.77 bits per heavy atom. The van der Waals surface area contributed by atoms with Gasteiger partial charge in [-0.05, 0) is 37.3 Å². The van der Waals surface area contributed by atoms with Crippen LogP contribution in [0, 0.1) is 0 Å². The average molecular weight is 325 g/mol. The van der Waals surface area contributed by atoms with Gasteiger partial charge in [0.2, 0.25) is 0 Å². The minimum Gasteiger partial charge on any atom is -0.486 e. The molecule has 0 bridgehead atoms. The lowest BCUT2D eigenvalue weighted by molar-refractivity contribution is 0.0942. The zero-order chi connectivity index (χ0) is 15.9. The molecule has 1 atom stereocenters. The molecule has 3 N–H and O–H groups in total. The first kappa shape index (κ1) is 16.3. The van der Waals surface area contributed by atoms with E-state index in [4.69, 9.17) is 26.4 Å². The van der Waals surface area contributed by atoms with Crippen LogP contribution in [0.1, 0.15) is 17.3 Å². The SMILES string of the molecule is COC[C@H](C)NC(=S)NNC(=O)c1ccc2c(c1)OCCO2. The number of rotatable bonds is 4. The number of fused-ring (bicyclic) bond motifs is 1. The van der Waals surface area contributed by atoms with Crippen LogP contribution in [0.3, 0.4) is 0 Å². The molecule has 22 heavy (non-hydrogen) atoms. The molecule has 0 aliphatic carbocycles. The molecule has 0 unspecified atom stereocenters. The summed E-state index contributed by atoms with van der Waals surface area (Å²) in [6.07, 6.45) is 0. The summed E-state index contributed by atoms with van der Waals surface area (Å²) in [4.78, 5) is 12.1. The van der Waals surface area contributed by atoms with Crippen molar-refractivity contribution < 1.29 is 19.0 Å².